The van der Waals surface area contributed by atoms with E-state index in [0.717, 1.165) is 25.8 Å². The SMILES string of the molecule is CC(C)C(C)N(C)CCCCC(C)(C)C(=O)O. The first-order valence-corrected chi connectivity index (χ1v) is 6.62. The van der Waals surface area contributed by atoms with E-state index in [2.05, 4.69) is 32.7 Å². The Morgan fingerprint density at radius 1 is 1.24 bits per heavy atom. The number of rotatable bonds is 8. The van der Waals surface area contributed by atoms with Gasteiger partial charge in [-0.05, 0) is 53.1 Å². The molecule has 0 rings (SSSR count). The zero-order valence-electron chi connectivity index (χ0n) is 12.3. The summed E-state index contributed by atoms with van der Waals surface area (Å²) in [4.78, 5) is 13.3. The average molecular weight is 243 g/mol. The molecule has 1 N–H and O–H groups in total. The minimum atomic E-state index is -0.693. The van der Waals surface area contributed by atoms with Gasteiger partial charge in [-0.3, -0.25) is 4.79 Å². The van der Waals surface area contributed by atoms with Crippen molar-refractivity contribution in [3.63, 3.8) is 0 Å². The maximum atomic E-state index is 10.9. The Bertz CT molecular complexity index is 236. The summed E-state index contributed by atoms with van der Waals surface area (Å²) in [7, 11) is 2.15. The fraction of sp³-hybridized carbons (Fsp3) is 0.929. The molecule has 17 heavy (non-hydrogen) atoms. The maximum absolute atomic E-state index is 10.9. The summed E-state index contributed by atoms with van der Waals surface area (Å²) in [5, 5.41) is 9.00. The molecule has 0 aliphatic rings. The number of carbonyl (C=O) groups is 1. The van der Waals surface area contributed by atoms with E-state index in [1.165, 1.54) is 0 Å². The smallest absolute Gasteiger partial charge is 0.309 e. The predicted molar refractivity (Wildman–Crippen MR) is 72.2 cm³/mol. The Morgan fingerprint density at radius 2 is 1.76 bits per heavy atom. The topological polar surface area (TPSA) is 40.5 Å². The third-order valence-corrected chi connectivity index (χ3v) is 3.80. The van der Waals surface area contributed by atoms with Crippen molar-refractivity contribution in [3.8, 4) is 0 Å². The van der Waals surface area contributed by atoms with E-state index in [0.29, 0.717) is 12.0 Å². The lowest BCUT2D eigenvalue weighted by Gasteiger charge is -2.28. The number of nitrogens with zero attached hydrogens (tertiary/aromatic N) is 1. The van der Waals surface area contributed by atoms with Gasteiger partial charge in [0.05, 0.1) is 5.41 Å². The highest BCUT2D eigenvalue weighted by Crippen LogP contribution is 2.23. The van der Waals surface area contributed by atoms with Crippen molar-refractivity contribution in [2.45, 2.75) is 59.9 Å². The Kier molecular flexibility index (Phi) is 6.76. The standard InChI is InChI=1S/C14H29NO2/c1-11(2)12(3)15(6)10-8-7-9-14(4,5)13(16)17/h11-12H,7-10H2,1-6H3,(H,16,17). The van der Waals surface area contributed by atoms with E-state index in [-0.39, 0.29) is 0 Å². The highest BCUT2D eigenvalue weighted by Gasteiger charge is 2.26. The number of aliphatic carboxylic acids is 1. The zero-order chi connectivity index (χ0) is 13.6. The van der Waals surface area contributed by atoms with E-state index in [9.17, 15) is 4.79 Å². The van der Waals surface area contributed by atoms with Crippen molar-refractivity contribution in [2.75, 3.05) is 13.6 Å². The molecule has 0 bridgehead atoms. The van der Waals surface area contributed by atoms with Gasteiger partial charge >= 0.3 is 5.97 Å². The van der Waals surface area contributed by atoms with Crippen LogP contribution in [-0.2, 0) is 4.79 Å². The molecule has 0 aromatic carbocycles. The van der Waals surface area contributed by atoms with E-state index >= 15 is 0 Å². The van der Waals surface area contributed by atoms with Crippen molar-refractivity contribution < 1.29 is 9.90 Å². The molecule has 0 aliphatic heterocycles. The summed E-state index contributed by atoms with van der Waals surface area (Å²) in [6.07, 6.45) is 2.81. The monoisotopic (exact) mass is 243 g/mol. The van der Waals surface area contributed by atoms with Crippen LogP contribution in [-0.4, -0.2) is 35.6 Å². The normalized spacial score (nSPS) is 14.4. The predicted octanol–water partition coefficient (Wildman–Crippen LogP) is 3.24. The molecular weight excluding hydrogens is 214 g/mol. The molecule has 0 amide bonds. The van der Waals surface area contributed by atoms with Gasteiger partial charge in [0.1, 0.15) is 0 Å². The maximum Gasteiger partial charge on any atom is 0.309 e. The Labute approximate surface area is 106 Å². The van der Waals surface area contributed by atoms with E-state index in [1.54, 1.807) is 13.8 Å². The largest absolute Gasteiger partial charge is 0.481 e. The molecule has 1 atom stereocenters. The molecule has 0 saturated carbocycles. The van der Waals surface area contributed by atoms with Crippen LogP contribution in [0.2, 0.25) is 0 Å². The van der Waals surface area contributed by atoms with E-state index in [4.69, 9.17) is 5.11 Å². The van der Waals surface area contributed by atoms with Crippen LogP contribution in [0.25, 0.3) is 0 Å². The Hall–Kier alpha value is -0.570. The Balaban J connectivity index is 3.82. The van der Waals surface area contributed by atoms with Crippen LogP contribution in [0.1, 0.15) is 53.9 Å². The van der Waals surface area contributed by atoms with Gasteiger partial charge in [0, 0.05) is 6.04 Å². The van der Waals surface area contributed by atoms with Crippen LogP contribution in [0.15, 0.2) is 0 Å². The second-order valence-corrected chi connectivity index (χ2v) is 6.11. The Morgan fingerprint density at radius 3 is 2.18 bits per heavy atom. The lowest BCUT2D eigenvalue weighted by molar-refractivity contribution is -0.147. The second kappa shape index (κ2) is 7.00. The summed E-state index contributed by atoms with van der Waals surface area (Å²) in [6, 6.07) is 0.586. The molecule has 0 aliphatic carbocycles. The van der Waals surface area contributed by atoms with Crippen molar-refractivity contribution in [1.82, 2.24) is 4.90 Å². The quantitative estimate of drug-likeness (QED) is 0.665. The van der Waals surface area contributed by atoms with Crippen molar-refractivity contribution in [2.24, 2.45) is 11.3 Å². The van der Waals surface area contributed by atoms with Crippen LogP contribution >= 0.6 is 0 Å². The van der Waals surface area contributed by atoms with Gasteiger partial charge in [0.2, 0.25) is 0 Å². The molecule has 102 valence electrons. The van der Waals surface area contributed by atoms with Crippen molar-refractivity contribution >= 4 is 5.97 Å². The summed E-state index contributed by atoms with van der Waals surface area (Å²) in [5.41, 5.74) is -0.581. The number of carboxylic acids is 1. The summed E-state index contributed by atoms with van der Waals surface area (Å²) >= 11 is 0. The van der Waals surface area contributed by atoms with Crippen LogP contribution < -0.4 is 0 Å². The van der Waals surface area contributed by atoms with Gasteiger partial charge in [-0.2, -0.15) is 0 Å². The molecule has 3 heteroatoms. The summed E-state index contributed by atoms with van der Waals surface area (Å²) in [6.45, 7) is 11.4. The van der Waals surface area contributed by atoms with Crippen molar-refractivity contribution in [3.05, 3.63) is 0 Å². The first-order valence-electron chi connectivity index (χ1n) is 6.62. The highest BCUT2D eigenvalue weighted by atomic mass is 16.4. The van der Waals surface area contributed by atoms with Gasteiger partial charge in [0.15, 0.2) is 0 Å². The molecule has 0 fully saturated rings. The lowest BCUT2D eigenvalue weighted by atomic mass is 9.87. The summed E-state index contributed by atoms with van der Waals surface area (Å²) in [5.74, 6) is -0.0307. The third-order valence-electron chi connectivity index (χ3n) is 3.80. The van der Waals surface area contributed by atoms with E-state index in [1.807, 2.05) is 0 Å². The summed E-state index contributed by atoms with van der Waals surface area (Å²) < 4.78 is 0. The minimum absolute atomic E-state index is 0.581. The first-order chi connectivity index (χ1) is 7.68. The average Bonchev–Trinajstić information content (AvgIpc) is 2.22. The zero-order valence-corrected chi connectivity index (χ0v) is 12.3. The van der Waals surface area contributed by atoms with Crippen LogP contribution in [0.3, 0.4) is 0 Å². The van der Waals surface area contributed by atoms with Gasteiger partial charge < -0.3 is 10.0 Å². The number of unbranched alkanes of at least 4 members (excludes halogenated alkanes) is 1. The van der Waals surface area contributed by atoms with E-state index < -0.39 is 11.4 Å². The fourth-order valence-electron chi connectivity index (χ4n) is 1.75. The number of hydrogen-bond donors (Lipinski definition) is 1. The minimum Gasteiger partial charge on any atom is -0.481 e. The van der Waals surface area contributed by atoms with Gasteiger partial charge in [-0.1, -0.05) is 20.3 Å². The third kappa shape index (κ3) is 6.06. The molecule has 1 unspecified atom stereocenters. The van der Waals surface area contributed by atoms with Gasteiger partial charge in [0.25, 0.3) is 0 Å². The highest BCUT2D eigenvalue weighted by molar-refractivity contribution is 5.73. The molecule has 0 aromatic heterocycles. The number of hydrogen-bond acceptors (Lipinski definition) is 2. The molecule has 0 aromatic rings. The van der Waals surface area contributed by atoms with Crippen molar-refractivity contribution in [1.29, 1.82) is 0 Å². The van der Waals surface area contributed by atoms with Gasteiger partial charge in [-0.25, -0.2) is 0 Å². The van der Waals surface area contributed by atoms with Gasteiger partial charge in [-0.15, -0.1) is 0 Å². The molecule has 0 radical (unpaired) electrons. The molecule has 0 heterocycles. The lowest BCUT2D eigenvalue weighted by Crippen LogP contribution is -2.34. The second-order valence-electron chi connectivity index (χ2n) is 6.11. The van der Waals surface area contributed by atoms with Crippen LogP contribution in [0, 0.1) is 11.3 Å². The number of carboxylic acid groups (broad SMARTS) is 1. The fourth-order valence-corrected chi connectivity index (χ4v) is 1.75. The molecular formula is C14H29NO2. The van der Waals surface area contributed by atoms with Crippen LogP contribution in [0.5, 0.6) is 0 Å². The first kappa shape index (κ1) is 16.4. The molecule has 3 nitrogen and oxygen atoms in total. The molecule has 0 spiro atoms. The molecule has 0 saturated heterocycles. The van der Waals surface area contributed by atoms with Crippen LogP contribution in [0.4, 0.5) is 0 Å².